The fourth-order valence-corrected chi connectivity index (χ4v) is 2.32. The van der Waals surface area contributed by atoms with Gasteiger partial charge < -0.3 is 10.5 Å². The van der Waals surface area contributed by atoms with Gasteiger partial charge in [0.1, 0.15) is 0 Å². The molecule has 0 amide bonds. The van der Waals surface area contributed by atoms with Crippen LogP contribution in [0.4, 0.5) is 5.69 Å². The number of nitrogen functional groups attached to an aromatic ring is 1. The van der Waals surface area contributed by atoms with Crippen molar-refractivity contribution >= 4 is 23.4 Å². The molecule has 0 spiro atoms. The normalized spacial score (nSPS) is 11.3. The van der Waals surface area contributed by atoms with Gasteiger partial charge >= 0.3 is 5.97 Å². The second-order valence-corrected chi connectivity index (χ2v) is 6.80. The lowest BCUT2D eigenvalue weighted by Gasteiger charge is -2.19. The Labute approximate surface area is 113 Å². The minimum Gasteiger partial charge on any atom is -0.462 e. The Kier molecular flexibility index (Phi) is 5.08. The van der Waals surface area contributed by atoms with Crippen molar-refractivity contribution in [3.8, 4) is 0 Å². The molecule has 0 aliphatic heterocycles. The van der Waals surface area contributed by atoms with Crippen LogP contribution in [0.2, 0.25) is 0 Å². The predicted octanol–water partition coefficient (Wildman–Crippen LogP) is 3.48. The van der Waals surface area contributed by atoms with Crippen molar-refractivity contribution < 1.29 is 9.53 Å². The van der Waals surface area contributed by atoms with Crippen molar-refractivity contribution in [2.75, 3.05) is 12.3 Å². The molecule has 100 valence electrons. The largest absolute Gasteiger partial charge is 0.462 e. The first kappa shape index (κ1) is 14.9. The van der Waals surface area contributed by atoms with Crippen molar-refractivity contribution in [1.29, 1.82) is 0 Å². The van der Waals surface area contributed by atoms with Gasteiger partial charge in [0.15, 0.2) is 0 Å². The fraction of sp³-hybridized carbons (Fsp3) is 0.500. The highest BCUT2D eigenvalue weighted by Crippen LogP contribution is 2.30. The van der Waals surface area contributed by atoms with E-state index < -0.39 is 0 Å². The molecule has 1 aromatic rings. The molecule has 0 heterocycles. The van der Waals surface area contributed by atoms with Gasteiger partial charge in [0.05, 0.1) is 12.2 Å². The molecule has 4 heteroatoms. The second-order valence-electron chi connectivity index (χ2n) is 5.00. The highest BCUT2D eigenvalue weighted by molar-refractivity contribution is 7.99. The SMILES string of the molecule is CCOC(=O)c1c(N)cccc1CSC(C)(C)C. The second kappa shape index (κ2) is 6.14. The van der Waals surface area contributed by atoms with E-state index in [4.69, 9.17) is 10.5 Å². The number of esters is 1. The van der Waals surface area contributed by atoms with Gasteiger partial charge in [-0.1, -0.05) is 32.9 Å². The topological polar surface area (TPSA) is 52.3 Å². The molecular weight excluding hydrogens is 246 g/mol. The Morgan fingerprint density at radius 1 is 1.39 bits per heavy atom. The average Bonchev–Trinajstić information content (AvgIpc) is 2.25. The van der Waals surface area contributed by atoms with E-state index in [2.05, 4.69) is 20.8 Å². The molecule has 0 aliphatic rings. The molecule has 0 saturated carbocycles. The predicted molar refractivity (Wildman–Crippen MR) is 77.9 cm³/mol. The Balaban J connectivity index is 2.97. The number of benzene rings is 1. The third-order valence-corrected chi connectivity index (χ3v) is 3.64. The van der Waals surface area contributed by atoms with Crippen LogP contribution in [0.3, 0.4) is 0 Å². The average molecular weight is 267 g/mol. The van der Waals surface area contributed by atoms with Gasteiger partial charge in [-0.2, -0.15) is 11.8 Å². The van der Waals surface area contributed by atoms with E-state index in [1.165, 1.54) is 0 Å². The van der Waals surface area contributed by atoms with Crippen LogP contribution in [0.15, 0.2) is 18.2 Å². The van der Waals surface area contributed by atoms with Crippen LogP contribution in [0.5, 0.6) is 0 Å². The van der Waals surface area contributed by atoms with Crippen LogP contribution in [0.1, 0.15) is 43.6 Å². The summed E-state index contributed by atoms with van der Waals surface area (Å²) in [5, 5.41) is 0. The van der Waals surface area contributed by atoms with Gasteiger partial charge in [-0.05, 0) is 18.6 Å². The van der Waals surface area contributed by atoms with Crippen molar-refractivity contribution in [2.24, 2.45) is 0 Å². The van der Waals surface area contributed by atoms with Gasteiger partial charge in [0.2, 0.25) is 0 Å². The van der Waals surface area contributed by atoms with Gasteiger partial charge in [-0.15, -0.1) is 0 Å². The number of thioether (sulfide) groups is 1. The standard InChI is InChI=1S/C14H21NO2S/c1-5-17-13(16)12-10(7-6-8-11(12)15)9-18-14(2,3)4/h6-8H,5,9,15H2,1-4H3. The van der Waals surface area contributed by atoms with Gasteiger partial charge in [-0.25, -0.2) is 4.79 Å². The summed E-state index contributed by atoms with van der Waals surface area (Å²) in [5.41, 5.74) is 7.82. The minimum absolute atomic E-state index is 0.149. The summed E-state index contributed by atoms with van der Waals surface area (Å²) < 4.78 is 5.20. The number of carbonyl (C=O) groups excluding carboxylic acids is 1. The summed E-state index contributed by atoms with van der Waals surface area (Å²) in [6.07, 6.45) is 0. The molecule has 0 atom stereocenters. The van der Waals surface area contributed by atoms with E-state index in [1.54, 1.807) is 24.8 Å². The number of nitrogens with two attached hydrogens (primary N) is 1. The maximum absolute atomic E-state index is 11.9. The Hall–Kier alpha value is -1.16. The lowest BCUT2D eigenvalue weighted by atomic mass is 10.1. The monoisotopic (exact) mass is 267 g/mol. The molecule has 18 heavy (non-hydrogen) atoms. The first-order chi connectivity index (χ1) is 8.35. The van der Waals surface area contributed by atoms with E-state index in [-0.39, 0.29) is 10.7 Å². The van der Waals surface area contributed by atoms with Crippen molar-refractivity contribution in [1.82, 2.24) is 0 Å². The maximum Gasteiger partial charge on any atom is 0.340 e. The summed E-state index contributed by atoms with van der Waals surface area (Å²) >= 11 is 1.78. The molecular formula is C14H21NO2S. The van der Waals surface area contributed by atoms with E-state index in [9.17, 15) is 4.79 Å². The Morgan fingerprint density at radius 2 is 2.06 bits per heavy atom. The van der Waals surface area contributed by atoms with Crippen LogP contribution in [0.25, 0.3) is 0 Å². The highest BCUT2D eigenvalue weighted by atomic mass is 32.2. The summed E-state index contributed by atoms with van der Waals surface area (Å²) in [4.78, 5) is 11.9. The molecule has 0 bridgehead atoms. The van der Waals surface area contributed by atoms with Crippen LogP contribution < -0.4 is 5.73 Å². The number of hydrogen-bond acceptors (Lipinski definition) is 4. The summed E-state index contributed by atoms with van der Waals surface area (Å²) in [6, 6.07) is 5.54. The molecule has 0 fully saturated rings. The zero-order valence-electron chi connectivity index (χ0n) is 11.4. The lowest BCUT2D eigenvalue weighted by molar-refractivity contribution is 0.0526. The number of ether oxygens (including phenoxy) is 1. The molecule has 1 rings (SSSR count). The highest BCUT2D eigenvalue weighted by Gasteiger charge is 2.18. The quantitative estimate of drug-likeness (QED) is 0.670. The first-order valence-corrected chi connectivity index (χ1v) is 7.02. The third kappa shape index (κ3) is 4.26. The maximum atomic E-state index is 11.9. The zero-order chi connectivity index (χ0) is 13.8. The third-order valence-electron chi connectivity index (χ3n) is 2.32. The van der Waals surface area contributed by atoms with Gasteiger partial charge in [0, 0.05) is 16.2 Å². The Bertz CT molecular complexity index is 424. The number of anilines is 1. The smallest absolute Gasteiger partial charge is 0.340 e. The summed E-state index contributed by atoms with van der Waals surface area (Å²) in [6.45, 7) is 8.59. The van der Waals surface area contributed by atoms with Gasteiger partial charge in [-0.3, -0.25) is 0 Å². The van der Waals surface area contributed by atoms with Crippen molar-refractivity contribution in [2.45, 2.75) is 38.2 Å². The molecule has 0 radical (unpaired) electrons. The Morgan fingerprint density at radius 3 is 2.61 bits per heavy atom. The van der Waals surface area contributed by atoms with Crippen LogP contribution >= 0.6 is 11.8 Å². The minimum atomic E-state index is -0.333. The molecule has 0 unspecified atom stereocenters. The van der Waals surface area contributed by atoms with E-state index in [1.807, 2.05) is 12.1 Å². The van der Waals surface area contributed by atoms with Crippen LogP contribution in [-0.4, -0.2) is 17.3 Å². The van der Waals surface area contributed by atoms with E-state index in [0.717, 1.165) is 11.3 Å². The molecule has 0 aliphatic carbocycles. The van der Waals surface area contributed by atoms with Crippen molar-refractivity contribution in [3.05, 3.63) is 29.3 Å². The van der Waals surface area contributed by atoms with Crippen molar-refractivity contribution in [3.63, 3.8) is 0 Å². The zero-order valence-corrected chi connectivity index (χ0v) is 12.3. The number of hydrogen-bond donors (Lipinski definition) is 1. The van der Waals surface area contributed by atoms with E-state index >= 15 is 0 Å². The number of carbonyl (C=O) groups is 1. The molecule has 1 aromatic carbocycles. The van der Waals surface area contributed by atoms with Gasteiger partial charge in [0.25, 0.3) is 0 Å². The summed E-state index contributed by atoms with van der Waals surface area (Å²) in [5.74, 6) is 0.419. The molecule has 0 saturated heterocycles. The number of rotatable bonds is 4. The molecule has 2 N–H and O–H groups in total. The first-order valence-electron chi connectivity index (χ1n) is 6.03. The van der Waals surface area contributed by atoms with E-state index in [0.29, 0.717) is 17.9 Å². The molecule has 0 aromatic heterocycles. The fourth-order valence-electron chi connectivity index (χ4n) is 1.49. The lowest BCUT2D eigenvalue weighted by Crippen LogP contribution is -2.13. The summed E-state index contributed by atoms with van der Waals surface area (Å²) in [7, 11) is 0. The molecule has 3 nitrogen and oxygen atoms in total. The van der Waals surface area contributed by atoms with Crippen LogP contribution in [0, 0.1) is 0 Å². The van der Waals surface area contributed by atoms with Crippen LogP contribution in [-0.2, 0) is 10.5 Å².